The van der Waals surface area contributed by atoms with Crippen molar-refractivity contribution in [3.05, 3.63) is 23.8 Å². The first kappa shape index (κ1) is 12.3. The van der Waals surface area contributed by atoms with E-state index in [0.717, 1.165) is 18.4 Å². The lowest BCUT2D eigenvalue weighted by Gasteiger charge is -2.09. The third-order valence-electron chi connectivity index (χ3n) is 2.61. The van der Waals surface area contributed by atoms with Gasteiger partial charge in [0.2, 0.25) is 0 Å². The van der Waals surface area contributed by atoms with E-state index in [4.69, 9.17) is 4.74 Å². The zero-order valence-electron chi connectivity index (χ0n) is 9.68. The summed E-state index contributed by atoms with van der Waals surface area (Å²) in [5, 5.41) is 2.23. The lowest BCUT2D eigenvalue weighted by atomic mass is 10.1. The fourth-order valence-corrected chi connectivity index (χ4v) is 1.69. The van der Waals surface area contributed by atoms with Crippen LogP contribution in [0, 0.1) is 0 Å². The summed E-state index contributed by atoms with van der Waals surface area (Å²) in [5.74, 6) is -1.28. The predicted octanol–water partition coefficient (Wildman–Crippen LogP) is 0.831. The summed E-state index contributed by atoms with van der Waals surface area (Å²) >= 11 is 0. The van der Waals surface area contributed by atoms with E-state index < -0.39 is 24.1 Å². The Morgan fingerprint density at radius 1 is 1.44 bits per heavy atom. The van der Waals surface area contributed by atoms with Gasteiger partial charge in [-0.15, -0.1) is 0 Å². The topological polar surface area (TPSA) is 81.7 Å². The highest BCUT2D eigenvalue weighted by Crippen LogP contribution is 2.11. The molecule has 1 heterocycles. The Kier molecular flexibility index (Phi) is 3.76. The third kappa shape index (κ3) is 3.19. The number of rotatable bonds is 4. The number of alkyl carbamates (subject to hydrolysis) is 1. The van der Waals surface area contributed by atoms with Crippen molar-refractivity contribution in [2.75, 3.05) is 6.61 Å². The quantitative estimate of drug-likeness (QED) is 0.591. The zero-order valence-corrected chi connectivity index (χ0v) is 9.68. The van der Waals surface area contributed by atoms with Crippen LogP contribution >= 0.6 is 0 Å². The van der Waals surface area contributed by atoms with Gasteiger partial charge in [0.15, 0.2) is 0 Å². The molecule has 0 aromatic rings. The number of nitrogens with one attached hydrogen (secondary N) is 1. The number of cyclic esters (lactones) is 2. The molecule has 1 atom stereocenters. The van der Waals surface area contributed by atoms with E-state index in [1.165, 1.54) is 0 Å². The third-order valence-corrected chi connectivity index (χ3v) is 2.61. The maximum atomic E-state index is 11.5. The van der Waals surface area contributed by atoms with Gasteiger partial charge in [0.05, 0.1) is 6.42 Å². The number of carbonyl (C=O) groups excluding carboxylic acids is 3. The molecule has 6 heteroatoms. The second kappa shape index (κ2) is 5.48. The second-order valence-corrected chi connectivity index (χ2v) is 4.03. The van der Waals surface area contributed by atoms with Gasteiger partial charge in [-0.05, 0) is 18.4 Å². The van der Waals surface area contributed by atoms with Gasteiger partial charge in [-0.2, -0.15) is 0 Å². The Morgan fingerprint density at radius 3 is 2.89 bits per heavy atom. The average molecular weight is 251 g/mol. The van der Waals surface area contributed by atoms with Crippen molar-refractivity contribution in [2.45, 2.75) is 25.3 Å². The molecule has 1 aliphatic heterocycles. The van der Waals surface area contributed by atoms with E-state index in [1.54, 1.807) is 0 Å². The first-order chi connectivity index (χ1) is 8.65. The molecule has 1 amide bonds. The Hall–Kier alpha value is -2.11. The molecule has 1 fully saturated rings. The molecule has 0 bridgehead atoms. The molecule has 1 saturated heterocycles. The van der Waals surface area contributed by atoms with E-state index in [-0.39, 0.29) is 13.0 Å². The predicted molar refractivity (Wildman–Crippen MR) is 60.4 cm³/mol. The van der Waals surface area contributed by atoms with Crippen molar-refractivity contribution < 1.29 is 23.9 Å². The molecule has 1 unspecified atom stereocenters. The van der Waals surface area contributed by atoms with Gasteiger partial charge in [-0.1, -0.05) is 18.2 Å². The van der Waals surface area contributed by atoms with Crippen LogP contribution in [0.1, 0.15) is 19.3 Å². The number of esters is 2. The normalized spacial score (nSPS) is 22.2. The summed E-state index contributed by atoms with van der Waals surface area (Å²) in [6, 6.07) is -0.930. The minimum absolute atomic E-state index is 0.186. The maximum absolute atomic E-state index is 11.5. The molecular weight excluding hydrogens is 238 g/mol. The van der Waals surface area contributed by atoms with Crippen molar-refractivity contribution in [3.8, 4) is 0 Å². The summed E-state index contributed by atoms with van der Waals surface area (Å²) in [4.78, 5) is 33.3. The lowest BCUT2D eigenvalue weighted by molar-refractivity contribution is -0.146. The van der Waals surface area contributed by atoms with Crippen LogP contribution in [0.4, 0.5) is 4.79 Å². The summed E-state index contributed by atoms with van der Waals surface area (Å²) in [5.41, 5.74) is 0.938. The van der Waals surface area contributed by atoms with E-state index in [0.29, 0.717) is 0 Å². The lowest BCUT2D eigenvalue weighted by Crippen LogP contribution is -2.32. The van der Waals surface area contributed by atoms with Crippen LogP contribution in [0.5, 0.6) is 0 Å². The van der Waals surface area contributed by atoms with Crippen LogP contribution in [0.25, 0.3) is 0 Å². The number of ether oxygens (including phenoxy) is 2. The maximum Gasteiger partial charge on any atom is 0.415 e. The highest BCUT2D eigenvalue weighted by Gasteiger charge is 2.34. The van der Waals surface area contributed by atoms with Gasteiger partial charge in [0, 0.05) is 0 Å². The van der Waals surface area contributed by atoms with Crippen LogP contribution in [-0.2, 0) is 19.1 Å². The van der Waals surface area contributed by atoms with Gasteiger partial charge in [0.1, 0.15) is 12.6 Å². The molecule has 2 aliphatic rings. The minimum Gasteiger partial charge on any atom is -0.461 e. The number of hydrogen-bond donors (Lipinski definition) is 1. The summed E-state index contributed by atoms with van der Waals surface area (Å²) < 4.78 is 9.26. The smallest absolute Gasteiger partial charge is 0.415 e. The second-order valence-electron chi connectivity index (χ2n) is 4.03. The number of amides is 1. The van der Waals surface area contributed by atoms with Gasteiger partial charge in [-0.3, -0.25) is 4.79 Å². The first-order valence-corrected chi connectivity index (χ1v) is 5.68. The zero-order chi connectivity index (χ0) is 13.0. The minimum atomic E-state index is -0.930. The SMILES string of the molecule is O=C(CC1NC(=O)OC1=O)OCC1=CCCC=C1. The van der Waals surface area contributed by atoms with Crippen LogP contribution in [0.2, 0.25) is 0 Å². The Morgan fingerprint density at radius 2 is 2.28 bits per heavy atom. The van der Waals surface area contributed by atoms with Gasteiger partial charge in [-0.25, -0.2) is 9.59 Å². The summed E-state index contributed by atoms with van der Waals surface area (Å²) in [7, 11) is 0. The van der Waals surface area contributed by atoms with Crippen LogP contribution in [0.15, 0.2) is 23.8 Å². The molecule has 96 valence electrons. The van der Waals surface area contributed by atoms with Crippen LogP contribution in [0.3, 0.4) is 0 Å². The van der Waals surface area contributed by atoms with Gasteiger partial charge < -0.3 is 14.8 Å². The Bertz CT molecular complexity index is 438. The molecule has 0 spiro atoms. The standard InChI is InChI=1S/C12H13NO5/c14-10(6-9-11(15)18-12(16)13-9)17-7-8-4-2-1-3-5-8/h2,4-5,9H,1,3,6-7H2,(H,13,16). The summed E-state index contributed by atoms with van der Waals surface area (Å²) in [6.07, 6.45) is 6.82. The van der Waals surface area contributed by atoms with E-state index in [1.807, 2.05) is 18.2 Å². The molecule has 0 aromatic heterocycles. The van der Waals surface area contributed by atoms with E-state index in [9.17, 15) is 14.4 Å². The van der Waals surface area contributed by atoms with Crippen molar-refractivity contribution in [2.24, 2.45) is 0 Å². The van der Waals surface area contributed by atoms with Gasteiger partial charge >= 0.3 is 18.0 Å². The average Bonchev–Trinajstić information content (AvgIpc) is 2.67. The van der Waals surface area contributed by atoms with Crippen molar-refractivity contribution >= 4 is 18.0 Å². The molecule has 0 radical (unpaired) electrons. The Labute approximate surface area is 104 Å². The number of allylic oxidation sites excluding steroid dienone is 2. The van der Waals surface area contributed by atoms with Gasteiger partial charge in [0.25, 0.3) is 0 Å². The molecule has 18 heavy (non-hydrogen) atoms. The molecule has 0 aromatic carbocycles. The Balaban J connectivity index is 1.75. The molecule has 2 rings (SSSR count). The van der Waals surface area contributed by atoms with Crippen LogP contribution < -0.4 is 5.32 Å². The molecular formula is C12H13NO5. The highest BCUT2D eigenvalue weighted by molar-refractivity contribution is 5.97. The first-order valence-electron chi connectivity index (χ1n) is 5.68. The number of hydrogen-bond acceptors (Lipinski definition) is 5. The highest BCUT2D eigenvalue weighted by atomic mass is 16.6. The fourth-order valence-electron chi connectivity index (χ4n) is 1.69. The van der Waals surface area contributed by atoms with E-state index in [2.05, 4.69) is 10.1 Å². The van der Waals surface area contributed by atoms with E-state index >= 15 is 0 Å². The molecule has 1 N–H and O–H groups in total. The fraction of sp³-hybridized carbons (Fsp3) is 0.417. The van der Waals surface area contributed by atoms with Crippen molar-refractivity contribution in [3.63, 3.8) is 0 Å². The van der Waals surface area contributed by atoms with Crippen molar-refractivity contribution in [1.82, 2.24) is 5.32 Å². The van der Waals surface area contributed by atoms with Crippen LogP contribution in [-0.4, -0.2) is 30.7 Å². The number of carbonyl (C=O) groups is 3. The molecule has 0 saturated carbocycles. The largest absolute Gasteiger partial charge is 0.461 e. The summed E-state index contributed by atoms with van der Waals surface area (Å²) in [6.45, 7) is 0.186. The molecule has 6 nitrogen and oxygen atoms in total. The van der Waals surface area contributed by atoms with Crippen molar-refractivity contribution in [1.29, 1.82) is 0 Å². The monoisotopic (exact) mass is 251 g/mol. The molecule has 1 aliphatic carbocycles.